The smallest absolute Gasteiger partial charge is 0.328 e. The van der Waals surface area contributed by atoms with Crippen molar-refractivity contribution in [2.24, 2.45) is 0 Å². The Balaban J connectivity index is 1.49. The van der Waals surface area contributed by atoms with Gasteiger partial charge in [0.2, 0.25) is 5.91 Å². The minimum atomic E-state index is -4.69. The maximum absolute atomic E-state index is 13.5. The van der Waals surface area contributed by atoms with E-state index < -0.39 is 37.6 Å². The number of carboxylic acids is 1. The van der Waals surface area contributed by atoms with Gasteiger partial charge >= 0.3 is 13.6 Å². The van der Waals surface area contributed by atoms with Gasteiger partial charge in [0.05, 0.1) is 6.16 Å². The summed E-state index contributed by atoms with van der Waals surface area (Å²) in [6, 6.07) is 18.2. The van der Waals surface area contributed by atoms with Crippen molar-refractivity contribution < 1.29 is 33.8 Å². The number of carbonyl (C=O) groups is 3. The number of anilines is 2. The summed E-state index contributed by atoms with van der Waals surface area (Å²) in [6.45, 7) is 2.35. The summed E-state index contributed by atoms with van der Waals surface area (Å²) in [5.74, 6) is -1.64. The van der Waals surface area contributed by atoms with Gasteiger partial charge in [-0.3, -0.25) is 23.8 Å². The van der Waals surface area contributed by atoms with Gasteiger partial charge in [-0.2, -0.15) is 0 Å². The molecule has 43 heavy (non-hydrogen) atoms. The molecule has 14 heteroatoms. The molecule has 228 valence electrons. The van der Waals surface area contributed by atoms with Crippen LogP contribution in [0.2, 0.25) is 0 Å². The van der Waals surface area contributed by atoms with Crippen molar-refractivity contribution >= 4 is 36.9 Å². The molecule has 0 aliphatic carbocycles. The SMILES string of the molecule is O=C(O)CCCCN1CCN(C(=O)[C@H](CP(=O)(O)O)NC(=O)c2cc(Nc3ccccc3)nc(-c3ccccc3)n2)CC1. The third-order valence-electron chi connectivity index (χ3n) is 6.86. The number of amides is 2. The average Bonchev–Trinajstić information content (AvgIpc) is 2.99. The van der Waals surface area contributed by atoms with Crippen LogP contribution in [0.1, 0.15) is 29.8 Å². The molecule has 0 spiro atoms. The summed E-state index contributed by atoms with van der Waals surface area (Å²) in [4.78, 5) is 69.6. The quantitative estimate of drug-likeness (QED) is 0.141. The number of piperazine rings is 1. The second-order valence-electron chi connectivity index (χ2n) is 10.2. The first-order chi connectivity index (χ1) is 20.6. The molecule has 0 radical (unpaired) electrons. The fraction of sp³-hybridized carbons (Fsp3) is 0.345. The highest BCUT2D eigenvalue weighted by atomic mass is 31.2. The van der Waals surface area contributed by atoms with Crippen LogP contribution in [0.25, 0.3) is 11.4 Å². The van der Waals surface area contributed by atoms with Crippen molar-refractivity contribution in [3.05, 3.63) is 72.4 Å². The number of aliphatic carboxylic acids is 1. The Bertz CT molecular complexity index is 1450. The topological polar surface area (TPSA) is 185 Å². The van der Waals surface area contributed by atoms with Gasteiger partial charge in [-0.05, 0) is 31.5 Å². The lowest BCUT2D eigenvalue weighted by atomic mass is 10.2. The highest BCUT2D eigenvalue weighted by Gasteiger charge is 2.34. The van der Waals surface area contributed by atoms with Gasteiger partial charge in [0.15, 0.2) is 5.82 Å². The molecule has 4 rings (SSSR count). The van der Waals surface area contributed by atoms with E-state index >= 15 is 0 Å². The number of rotatable bonds is 13. The first-order valence-corrected chi connectivity index (χ1v) is 15.7. The monoisotopic (exact) mass is 610 g/mol. The van der Waals surface area contributed by atoms with Crippen molar-refractivity contribution in [3.8, 4) is 11.4 Å². The molecule has 0 saturated carbocycles. The van der Waals surface area contributed by atoms with Gasteiger partial charge in [-0.1, -0.05) is 48.5 Å². The number of aromatic nitrogens is 2. The molecule has 0 unspecified atom stereocenters. The van der Waals surface area contributed by atoms with Gasteiger partial charge in [0.1, 0.15) is 17.6 Å². The molecular weight excluding hydrogens is 575 g/mol. The second-order valence-corrected chi connectivity index (χ2v) is 11.9. The first kappa shape index (κ1) is 31.8. The molecule has 1 aromatic heterocycles. The largest absolute Gasteiger partial charge is 0.481 e. The molecule has 3 aromatic rings. The summed E-state index contributed by atoms with van der Waals surface area (Å²) in [6.07, 6.45) is 0.508. The summed E-state index contributed by atoms with van der Waals surface area (Å²) in [5.41, 5.74) is 1.29. The Morgan fingerprint density at radius 3 is 2.19 bits per heavy atom. The number of unbranched alkanes of at least 4 members (excludes halogenated alkanes) is 1. The zero-order chi connectivity index (χ0) is 30.8. The second kappa shape index (κ2) is 14.8. The van der Waals surface area contributed by atoms with Gasteiger partial charge < -0.3 is 30.4 Å². The summed E-state index contributed by atoms with van der Waals surface area (Å²) in [7, 11) is -4.69. The van der Waals surface area contributed by atoms with Gasteiger partial charge in [0, 0.05) is 49.9 Å². The van der Waals surface area contributed by atoms with Crippen LogP contribution in [0, 0.1) is 0 Å². The molecule has 5 N–H and O–H groups in total. The number of nitrogens with zero attached hydrogens (tertiary/aromatic N) is 4. The summed E-state index contributed by atoms with van der Waals surface area (Å²) < 4.78 is 12.0. The lowest BCUT2D eigenvalue weighted by Gasteiger charge is -2.36. The van der Waals surface area contributed by atoms with Crippen LogP contribution in [-0.4, -0.2) is 97.4 Å². The minimum absolute atomic E-state index is 0.0815. The molecule has 13 nitrogen and oxygen atoms in total. The number of hydrogen-bond donors (Lipinski definition) is 5. The van der Waals surface area contributed by atoms with Gasteiger partial charge in [0.25, 0.3) is 5.91 Å². The van der Waals surface area contributed by atoms with Crippen LogP contribution in [-0.2, 0) is 14.2 Å². The van der Waals surface area contributed by atoms with Crippen molar-refractivity contribution in [2.75, 3.05) is 44.2 Å². The highest BCUT2D eigenvalue weighted by molar-refractivity contribution is 7.51. The third kappa shape index (κ3) is 9.97. The van der Waals surface area contributed by atoms with Crippen LogP contribution in [0.4, 0.5) is 11.5 Å². The van der Waals surface area contributed by atoms with E-state index in [4.69, 9.17) is 5.11 Å². The van der Waals surface area contributed by atoms with E-state index in [1.165, 1.54) is 11.0 Å². The number of hydrogen-bond acceptors (Lipinski definition) is 8. The predicted molar refractivity (Wildman–Crippen MR) is 160 cm³/mol. The van der Waals surface area contributed by atoms with Crippen LogP contribution in [0.5, 0.6) is 0 Å². The normalized spacial score (nSPS) is 14.6. The van der Waals surface area contributed by atoms with Crippen LogP contribution < -0.4 is 10.6 Å². The standard InChI is InChI=1S/C29H35N6O7P/c36-26(37)13-7-8-14-34-15-17-35(18-16-34)29(39)24(20-43(40,41)42)32-28(38)23-19-25(30-22-11-5-2-6-12-22)33-27(31-23)21-9-3-1-4-10-21/h1-6,9-12,19,24H,7-8,13-18,20H2,(H,32,38)(H,36,37)(H,30,31,33)(H2,40,41,42)/t24-/m0/s1. The van der Waals surface area contributed by atoms with E-state index in [9.17, 15) is 28.7 Å². The van der Waals surface area contributed by atoms with Crippen molar-refractivity contribution in [3.63, 3.8) is 0 Å². The number of benzene rings is 2. The number of carboxylic acid groups (broad SMARTS) is 1. The van der Waals surface area contributed by atoms with Crippen LogP contribution in [0.3, 0.4) is 0 Å². The molecule has 1 atom stereocenters. The van der Waals surface area contributed by atoms with E-state index in [-0.39, 0.29) is 17.9 Å². The molecule has 2 amide bonds. The number of para-hydroxylation sites is 1. The van der Waals surface area contributed by atoms with Gasteiger partial charge in [-0.15, -0.1) is 0 Å². The molecule has 2 aromatic carbocycles. The summed E-state index contributed by atoms with van der Waals surface area (Å²) >= 11 is 0. The molecule has 2 heterocycles. The molecule has 0 bridgehead atoms. The first-order valence-electron chi connectivity index (χ1n) is 13.9. The van der Waals surface area contributed by atoms with E-state index in [0.717, 1.165) is 5.69 Å². The average molecular weight is 611 g/mol. The Kier molecular flexibility index (Phi) is 11.0. The third-order valence-corrected chi connectivity index (χ3v) is 7.70. The Labute approximate surface area is 249 Å². The zero-order valence-corrected chi connectivity index (χ0v) is 24.4. The molecule has 1 saturated heterocycles. The number of carbonyl (C=O) groups excluding carboxylic acids is 2. The molecular formula is C29H35N6O7P. The van der Waals surface area contributed by atoms with Crippen LogP contribution >= 0.6 is 7.60 Å². The Morgan fingerprint density at radius 2 is 1.56 bits per heavy atom. The van der Waals surface area contributed by atoms with Gasteiger partial charge in [-0.25, -0.2) is 9.97 Å². The number of nitrogens with one attached hydrogen (secondary N) is 2. The maximum atomic E-state index is 13.5. The highest BCUT2D eigenvalue weighted by Crippen LogP contribution is 2.35. The van der Waals surface area contributed by atoms with E-state index in [1.54, 1.807) is 24.3 Å². The fourth-order valence-electron chi connectivity index (χ4n) is 4.69. The van der Waals surface area contributed by atoms with Crippen LogP contribution in [0.15, 0.2) is 66.7 Å². The summed E-state index contributed by atoms with van der Waals surface area (Å²) in [5, 5.41) is 14.4. The maximum Gasteiger partial charge on any atom is 0.328 e. The lowest BCUT2D eigenvalue weighted by Crippen LogP contribution is -2.56. The lowest BCUT2D eigenvalue weighted by molar-refractivity contribution is -0.137. The Hall–Kier alpha value is -4.16. The van der Waals surface area contributed by atoms with Crippen molar-refractivity contribution in [1.29, 1.82) is 0 Å². The van der Waals surface area contributed by atoms with E-state index in [0.29, 0.717) is 56.9 Å². The molecule has 1 aliphatic heterocycles. The predicted octanol–water partition coefficient (Wildman–Crippen LogP) is 2.56. The van der Waals surface area contributed by atoms with E-state index in [1.807, 2.05) is 36.4 Å². The van der Waals surface area contributed by atoms with E-state index in [2.05, 4.69) is 25.5 Å². The molecule has 1 fully saturated rings. The van der Waals surface area contributed by atoms with Crippen molar-refractivity contribution in [1.82, 2.24) is 25.1 Å². The van der Waals surface area contributed by atoms with Crippen molar-refractivity contribution in [2.45, 2.75) is 25.3 Å². The minimum Gasteiger partial charge on any atom is -0.481 e. The molecule has 1 aliphatic rings. The Morgan fingerprint density at radius 1 is 0.907 bits per heavy atom. The fourth-order valence-corrected chi connectivity index (χ4v) is 5.42. The zero-order valence-electron chi connectivity index (χ0n) is 23.5.